The van der Waals surface area contributed by atoms with E-state index in [0.29, 0.717) is 0 Å². The number of hydrogen-bond donors (Lipinski definition) is 0. The summed E-state index contributed by atoms with van der Waals surface area (Å²) in [6.45, 7) is 8.09. The van der Waals surface area contributed by atoms with E-state index in [0.717, 1.165) is 56.4 Å². The lowest BCUT2D eigenvalue weighted by atomic mass is 10.1. The lowest BCUT2D eigenvalue weighted by Crippen LogP contribution is -2.45. The van der Waals surface area contributed by atoms with Gasteiger partial charge in [0.1, 0.15) is 0 Å². The van der Waals surface area contributed by atoms with Gasteiger partial charge >= 0.3 is 0 Å². The highest BCUT2D eigenvalue weighted by Crippen LogP contribution is 2.14. The number of nitrogens with zero attached hydrogens (tertiary/aromatic N) is 5. The zero-order chi connectivity index (χ0) is 17.1. The minimum absolute atomic E-state index is 0.854. The average molecular weight is 337 g/mol. The number of rotatable bonds is 5. The Balaban J connectivity index is 1.28. The van der Waals surface area contributed by atoms with E-state index < -0.39 is 0 Å². The summed E-state index contributed by atoms with van der Waals surface area (Å²) in [6, 6.07) is 12.6. The van der Waals surface area contributed by atoms with Crippen molar-refractivity contribution >= 4 is 0 Å². The Kier molecular flexibility index (Phi) is 4.63. The standard InChI is InChI=1S/C19H23N5O/c1-16-13-19(25-21-16)15-23-11-9-22(10-12-23)14-17-3-5-18(6-4-17)24-8-2-7-20-24/h2-8,13H,9-12,14-15H2,1H3. The summed E-state index contributed by atoms with van der Waals surface area (Å²) in [5.74, 6) is 0.958. The van der Waals surface area contributed by atoms with Gasteiger partial charge in [-0.15, -0.1) is 0 Å². The van der Waals surface area contributed by atoms with Crippen LogP contribution in [-0.4, -0.2) is 50.9 Å². The number of aryl methyl sites for hydroxylation is 1. The Morgan fingerprint density at radius 1 is 1.00 bits per heavy atom. The number of aromatic nitrogens is 3. The van der Waals surface area contributed by atoms with Gasteiger partial charge in [-0.05, 0) is 30.7 Å². The molecule has 0 N–H and O–H groups in total. The molecule has 1 aromatic carbocycles. The molecule has 6 nitrogen and oxygen atoms in total. The summed E-state index contributed by atoms with van der Waals surface area (Å²) in [5.41, 5.74) is 3.39. The fourth-order valence-corrected chi connectivity index (χ4v) is 3.25. The van der Waals surface area contributed by atoms with E-state index in [-0.39, 0.29) is 0 Å². The minimum Gasteiger partial charge on any atom is -0.360 e. The number of benzene rings is 1. The first-order valence-electron chi connectivity index (χ1n) is 8.72. The predicted molar refractivity (Wildman–Crippen MR) is 95.4 cm³/mol. The van der Waals surface area contributed by atoms with Crippen LogP contribution in [0.3, 0.4) is 0 Å². The van der Waals surface area contributed by atoms with Gasteiger partial charge in [-0.3, -0.25) is 9.80 Å². The molecule has 0 aliphatic carbocycles. The van der Waals surface area contributed by atoms with Crippen molar-refractivity contribution in [3.63, 3.8) is 0 Å². The lowest BCUT2D eigenvalue weighted by Gasteiger charge is -2.34. The molecule has 1 aliphatic heterocycles. The van der Waals surface area contributed by atoms with Crippen LogP contribution in [0.2, 0.25) is 0 Å². The SMILES string of the molecule is Cc1cc(CN2CCN(Cc3ccc(-n4cccn4)cc3)CC2)on1. The van der Waals surface area contributed by atoms with Crippen molar-refractivity contribution in [2.45, 2.75) is 20.0 Å². The van der Waals surface area contributed by atoms with Gasteiger partial charge in [-0.1, -0.05) is 17.3 Å². The third kappa shape index (κ3) is 3.97. The van der Waals surface area contributed by atoms with E-state index in [1.54, 1.807) is 6.20 Å². The van der Waals surface area contributed by atoms with E-state index in [9.17, 15) is 0 Å². The van der Waals surface area contributed by atoms with Crippen molar-refractivity contribution in [1.29, 1.82) is 0 Å². The molecule has 0 radical (unpaired) electrons. The fraction of sp³-hybridized carbons (Fsp3) is 0.368. The Morgan fingerprint density at radius 3 is 2.32 bits per heavy atom. The molecular formula is C19H23N5O. The summed E-state index contributed by atoms with van der Waals surface area (Å²) < 4.78 is 7.20. The van der Waals surface area contributed by atoms with Crippen LogP contribution in [0.25, 0.3) is 5.69 Å². The molecule has 1 saturated heterocycles. The van der Waals surface area contributed by atoms with Gasteiger partial charge in [0.25, 0.3) is 0 Å². The van der Waals surface area contributed by atoms with E-state index in [4.69, 9.17) is 4.52 Å². The first-order chi connectivity index (χ1) is 12.3. The largest absolute Gasteiger partial charge is 0.360 e. The van der Waals surface area contributed by atoms with Crippen LogP contribution in [0.5, 0.6) is 0 Å². The molecule has 0 unspecified atom stereocenters. The molecule has 25 heavy (non-hydrogen) atoms. The van der Waals surface area contributed by atoms with Gasteiger partial charge in [0, 0.05) is 51.2 Å². The third-order valence-corrected chi connectivity index (χ3v) is 4.63. The smallest absolute Gasteiger partial charge is 0.150 e. The Morgan fingerprint density at radius 2 is 1.72 bits per heavy atom. The van der Waals surface area contributed by atoms with E-state index in [1.807, 2.05) is 29.9 Å². The summed E-state index contributed by atoms with van der Waals surface area (Å²) in [5, 5.41) is 8.22. The summed E-state index contributed by atoms with van der Waals surface area (Å²) >= 11 is 0. The number of hydrogen-bond acceptors (Lipinski definition) is 5. The van der Waals surface area contributed by atoms with E-state index in [2.05, 4.69) is 44.3 Å². The average Bonchev–Trinajstić information content (AvgIpc) is 3.29. The second kappa shape index (κ2) is 7.21. The van der Waals surface area contributed by atoms with Crippen LogP contribution >= 0.6 is 0 Å². The maximum absolute atomic E-state index is 5.32. The molecule has 0 spiro atoms. The molecule has 3 aromatic rings. The monoisotopic (exact) mass is 337 g/mol. The molecule has 4 rings (SSSR count). The normalized spacial score (nSPS) is 16.4. The molecule has 130 valence electrons. The van der Waals surface area contributed by atoms with Crippen molar-refractivity contribution in [3.05, 3.63) is 65.8 Å². The zero-order valence-corrected chi connectivity index (χ0v) is 14.5. The predicted octanol–water partition coefficient (Wildman–Crippen LogP) is 2.49. The van der Waals surface area contributed by atoms with Gasteiger partial charge in [0.2, 0.25) is 0 Å². The van der Waals surface area contributed by atoms with E-state index >= 15 is 0 Å². The maximum atomic E-state index is 5.32. The zero-order valence-electron chi connectivity index (χ0n) is 14.5. The first-order valence-corrected chi connectivity index (χ1v) is 8.72. The van der Waals surface area contributed by atoms with Crippen molar-refractivity contribution in [2.75, 3.05) is 26.2 Å². The molecule has 6 heteroatoms. The maximum Gasteiger partial charge on any atom is 0.150 e. The highest BCUT2D eigenvalue weighted by atomic mass is 16.5. The molecule has 0 amide bonds. The molecule has 0 atom stereocenters. The van der Waals surface area contributed by atoms with Crippen LogP contribution in [-0.2, 0) is 13.1 Å². The van der Waals surface area contributed by atoms with Crippen LogP contribution in [0.15, 0.2) is 53.3 Å². The van der Waals surface area contributed by atoms with Crippen LogP contribution < -0.4 is 0 Å². The van der Waals surface area contributed by atoms with Gasteiger partial charge in [-0.2, -0.15) is 5.10 Å². The number of piperazine rings is 1. The molecule has 0 saturated carbocycles. The van der Waals surface area contributed by atoms with Gasteiger partial charge in [0.05, 0.1) is 17.9 Å². The molecule has 1 fully saturated rings. The van der Waals surface area contributed by atoms with Crippen molar-refractivity contribution in [1.82, 2.24) is 24.7 Å². The van der Waals surface area contributed by atoms with Crippen LogP contribution in [0.4, 0.5) is 0 Å². The van der Waals surface area contributed by atoms with Crippen molar-refractivity contribution in [2.24, 2.45) is 0 Å². The molecule has 3 heterocycles. The second-order valence-electron chi connectivity index (χ2n) is 6.60. The Labute approximate surface area is 147 Å². The molecule has 2 aromatic heterocycles. The lowest BCUT2D eigenvalue weighted by molar-refractivity contribution is 0.113. The fourth-order valence-electron chi connectivity index (χ4n) is 3.25. The van der Waals surface area contributed by atoms with Gasteiger partial charge < -0.3 is 4.52 Å². The summed E-state index contributed by atoms with van der Waals surface area (Å²) in [4.78, 5) is 4.93. The topological polar surface area (TPSA) is 50.3 Å². The summed E-state index contributed by atoms with van der Waals surface area (Å²) in [6.07, 6.45) is 3.76. The molecule has 0 bridgehead atoms. The molecule has 1 aliphatic rings. The van der Waals surface area contributed by atoms with Crippen molar-refractivity contribution in [3.8, 4) is 5.69 Å². The highest BCUT2D eigenvalue weighted by Gasteiger charge is 2.18. The Bertz CT molecular complexity index is 786. The highest BCUT2D eigenvalue weighted by molar-refractivity contribution is 5.33. The summed E-state index contributed by atoms with van der Waals surface area (Å²) in [7, 11) is 0. The minimum atomic E-state index is 0.854. The van der Waals surface area contributed by atoms with E-state index in [1.165, 1.54) is 5.56 Å². The van der Waals surface area contributed by atoms with Gasteiger partial charge in [-0.25, -0.2) is 4.68 Å². The Hall–Kier alpha value is -2.44. The van der Waals surface area contributed by atoms with Crippen molar-refractivity contribution < 1.29 is 4.52 Å². The van der Waals surface area contributed by atoms with Crippen LogP contribution in [0.1, 0.15) is 17.0 Å². The third-order valence-electron chi connectivity index (χ3n) is 4.63. The first kappa shape index (κ1) is 16.1. The van der Waals surface area contributed by atoms with Gasteiger partial charge in [0.15, 0.2) is 5.76 Å². The quantitative estimate of drug-likeness (QED) is 0.716. The van der Waals surface area contributed by atoms with Crippen LogP contribution in [0, 0.1) is 6.92 Å². The molecular weight excluding hydrogens is 314 g/mol. The second-order valence-corrected chi connectivity index (χ2v) is 6.60.